The standard InChI is InChI=1S/C13H13N7O6/c1-6(15-10-12(23)16-13(24)19-17-10)11(22)18-14-5-7-2-3-9(21)8(4-7)20(25)26/h2-6,21H,1H3,(H,15,17)(H,18,22)(H2,16,19,23,24)/p-1/b14-5-/t6-/m0/s1. The van der Waals surface area contributed by atoms with E-state index in [2.05, 4.69) is 20.9 Å². The van der Waals surface area contributed by atoms with Gasteiger partial charge in [0.25, 0.3) is 17.2 Å². The van der Waals surface area contributed by atoms with Gasteiger partial charge in [0.1, 0.15) is 6.04 Å². The molecule has 13 nitrogen and oxygen atoms in total. The SMILES string of the molecule is C[C@H](Nc1n[nH]c(=O)[nH]c1=O)C(=O)N/N=C\c1ccc([O-])c([N+](=O)[O-])c1. The summed E-state index contributed by atoms with van der Waals surface area (Å²) < 4.78 is 0. The summed E-state index contributed by atoms with van der Waals surface area (Å²) >= 11 is 0. The van der Waals surface area contributed by atoms with E-state index in [4.69, 9.17) is 0 Å². The second kappa shape index (κ2) is 7.69. The van der Waals surface area contributed by atoms with Crippen LogP contribution in [0.4, 0.5) is 11.5 Å². The molecule has 0 unspecified atom stereocenters. The molecule has 1 atom stereocenters. The number of nitrogens with zero attached hydrogens (tertiary/aromatic N) is 3. The van der Waals surface area contributed by atoms with Crippen LogP contribution in [0.2, 0.25) is 0 Å². The maximum Gasteiger partial charge on any atom is 0.342 e. The molecular formula is C13H12N7O6-. The van der Waals surface area contributed by atoms with Crippen molar-refractivity contribution in [1.82, 2.24) is 20.6 Å². The van der Waals surface area contributed by atoms with Gasteiger partial charge in [-0.05, 0) is 12.7 Å². The molecule has 13 heteroatoms. The van der Waals surface area contributed by atoms with E-state index in [1.54, 1.807) is 0 Å². The Balaban J connectivity index is 2.00. The maximum absolute atomic E-state index is 11.9. The van der Waals surface area contributed by atoms with Crippen molar-refractivity contribution in [3.8, 4) is 5.75 Å². The van der Waals surface area contributed by atoms with Crippen LogP contribution < -0.4 is 27.1 Å². The molecule has 26 heavy (non-hydrogen) atoms. The summed E-state index contributed by atoms with van der Waals surface area (Å²) in [5, 5.41) is 33.5. The zero-order valence-electron chi connectivity index (χ0n) is 13.2. The molecule has 2 rings (SSSR count). The van der Waals surface area contributed by atoms with Gasteiger partial charge in [0.15, 0.2) is 0 Å². The molecule has 0 bridgehead atoms. The summed E-state index contributed by atoms with van der Waals surface area (Å²) in [5.74, 6) is -1.66. The Morgan fingerprint density at radius 1 is 1.42 bits per heavy atom. The molecule has 2 aromatic rings. The van der Waals surface area contributed by atoms with Crippen molar-refractivity contribution in [1.29, 1.82) is 0 Å². The van der Waals surface area contributed by atoms with E-state index >= 15 is 0 Å². The van der Waals surface area contributed by atoms with Crippen LogP contribution in [0.3, 0.4) is 0 Å². The van der Waals surface area contributed by atoms with Crippen LogP contribution in [-0.4, -0.2) is 38.3 Å². The molecule has 1 heterocycles. The van der Waals surface area contributed by atoms with Crippen LogP contribution in [0.15, 0.2) is 32.9 Å². The first-order chi connectivity index (χ1) is 12.3. The lowest BCUT2D eigenvalue weighted by molar-refractivity contribution is -0.398. The molecule has 0 aliphatic rings. The number of amides is 1. The third-order valence-corrected chi connectivity index (χ3v) is 3.03. The normalized spacial score (nSPS) is 11.9. The van der Waals surface area contributed by atoms with E-state index in [-0.39, 0.29) is 11.4 Å². The van der Waals surface area contributed by atoms with E-state index in [0.29, 0.717) is 0 Å². The van der Waals surface area contributed by atoms with Crippen molar-refractivity contribution in [2.45, 2.75) is 13.0 Å². The maximum atomic E-state index is 11.9. The van der Waals surface area contributed by atoms with Gasteiger partial charge in [-0.2, -0.15) is 5.10 Å². The van der Waals surface area contributed by atoms with Gasteiger partial charge in [-0.1, -0.05) is 12.1 Å². The summed E-state index contributed by atoms with van der Waals surface area (Å²) in [6.45, 7) is 1.41. The van der Waals surface area contributed by atoms with E-state index < -0.39 is 39.6 Å². The minimum atomic E-state index is -0.940. The molecule has 1 aromatic heterocycles. The summed E-state index contributed by atoms with van der Waals surface area (Å²) in [6, 6.07) is 2.39. The molecule has 0 fully saturated rings. The van der Waals surface area contributed by atoms with Gasteiger partial charge in [-0.3, -0.25) is 24.7 Å². The van der Waals surface area contributed by atoms with Crippen molar-refractivity contribution in [2.24, 2.45) is 5.10 Å². The predicted molar refractivity (Wildman–Crippen MR) is 86.8 cm³/mol. The molecule has 1 amide bonds. The molecule has 0 spiro atoms. The molecule has 136 valence electrons. The lowest BCUT2D eigenvalue weighted by Gasteiger charge is -2.11. The first kappa shape index (κ1) is 18.3. The molecule has 4 N–H and O–H groups in total. The Labute approximate surface area is 143 Å². The average Bonchev–Trinajstić information content (AvgIpc) is 2.58. The fourth-order valence-corrected chi connectivity index (χ4v) is 1.74. The van der Waals surface area contributed by atoms with E-state index in [0.717, 1.165) is 18.3 Å². The first-order valence-corrected chi connectivity index (χ1v) is 7.02. The Kier molecular flexibility index (Phi) is 5.42. The van der Waals surface area contributed by atoms with Crippen LogP contribution >= 0.6 is 0 Å². The van der Waals surface area contributed by atoms with Crippen molar-refractivity contribution in [2.75, 3.05) is 5.32 Å². The number of hydrazone groups is 1. The number of rotatable bonds is 6. The van der Waals surface area contributed by atoms with Gasteiger partial charge >= 0.3 is 5.69 Å². The molecule has 0 saturated heterocycles. The number of carbonyl (C=O) groups excluding carboxylic acids is 1. The van der Waals surface area contributed by atoms with Crippen molar-refractivity contribution in [3.63, 3.8) is 0 Å². The summed E-state index contributed by atoms with van der Waals surface area (Å²) in [7, 11) is 0. The second-order valence-electron chi connectivity index (χ2n) is 4.94. The fourth-order valence-electron chi connectivity index (χ4n) is 1.74. The van der Waals surface area contributed by atoms with Gasteiger partial charge in [-0.15, -0.1) is 5.10 Å². The lowest BCUT2D eigenvalue weighted by Crippen LogP contribution is -2.38. The van der Waals surface area contributed by atoms with Crippen molar-refractivity contribution < 1.29 is 14.8 Å². The number of nitro benzene ring substituents is 1. The number of H-pyrrole nitrogens is 2. The first-order valence-electron chi connectivity index (χ1n) is 7.02. The Hall–Kier alpha value is -4.03. The highest BCUT2D eigenvalue weighted by Crippen LogP contribution is 2.22. The molecule has 0 saturated carbocycles. The van der Waals surface area contributed by atoms with Crippen LogP contribution in [-0.2, 0) is 4.79 Å². The third kappa shape index (κ3) is 4.50. The number of nitro groups is 1. The Morgan fingerprint density at radius 3 is 2.81 bits per heavy atom. The van der Waals surface area contributed by atoms with E-state index in [1.165, 1.54) is 13.0 Å². The average molecular weight is 362 g/mol. The fraction of sp³-hybridized carbons (Fsp3) is 0.154. The molecule has 0 aliphatic carbocycles. The number of benzene rings is 1. The van der Waals surface area contributed by atoms with Gasteiger partial charge < -0.3 is 10.4 Å². The largest absolute Gasteiger partial charge is 0.868 e. The molecular weight excluding hydrogens is 350 g/mol. The number of carbonyl (C=O) groups is 1. The molecule has 1 aromatic carbocycles. The number of hydrogen-bond donors (Lipinski definition) is 4. The number of hydrogen-bond acceptors (Lipinski definition) is 9. The Morgan fingerprint density at radius 2 is 2.15 bits per heavy atom. The minimum Gasteiger partial charge on any atom is -0.868 e. The van der Waals surface area contributed by atoms with Gasteiger partial charge in [0, 0.05) is 11.6 Å². The number of aromatic amines is 2. The molecule has 0 aliphatic heterocycles. The highest BCUT2D eigenvalue weighted by molar-refractivity contribution is 5.86. The number of aromatic nitrogens is 3. The predicted octanol–water partition coefficient (Wildman–Crippen LogP) is -1.61. The lowest BCUT2D eigenvalue weighted by atomic mass is 10.2. The summed E-state index contributed by atoms with van der Waals surface area (Å²) in [6.07, 6.45) is 1.11. The van der Waals surface area contributed by atoms with Crippen LogP contribution in [0, 0.1) is 10.1 Å². The smallest absolute Gasteiger partial charge is 0.342 e. The van der Waals surface area contributed by atoms with Crippen LogP contribution in [0.25, 0.3) is 0 Å². The quantitative estimate of drug-likeness (QED) is 0.267. The minimum absolute atomic E-state index is 0.232. The van der Waals surface area contributed by atoms with Crippen molar-refractivity contribution >= 4 is 23.6 Å². The van der Waals surface area contributed by atoms with E-state index in [9.17, 15) is 29.6 Å². The highest BCUT2D eigenvalue weighted by atomic mass is 16.6. The number of anilines is 1. The zero-order chi connectivity index (χ0) is 19.3. The summed E-state index contributed by atoms with van der Waals surface area (Å²) in [5.41, 5.74) is 0.178. The van der Waals surface area contributed by atoms with Crippen molar-refractivity contribution in [3.05, 3.63) is 54.7 Å². The topological polar surface area (TPSA) is 198 Å². The van der Waals surface area contributed by atoms with Crippen LogP contribution in [0.5, 0.6) is 5.75 Å². The Bertz CT molecular complexity index is 979. The summed E-state index contributed by atoms with van der Waals surface area (Å²) in [4.78, 5) is 46.0. The highest BCUT2D eigenvalue weighted by Gasteiger charge is 2.14. The second-order valence-corrected chi connectivity index (χ2v) is 4.94. The van der Waals surface area contributed by atoms with E-state index in [1.807, 2.05) is 10.1 Å². The number of nitrogens with one attached hydrogen (secondary N) is 4. The monoisotopic (exact) mass is 362 g/mol. The zero-order valence-corrected chi connectivity index (χ0v) is 13.2. The van der Waals surface area contributed by atoms with Gasteiger partial charge in [-0.25, -0.2) is 15.3 Å². The van der Waals surface area contributed by atoms with Gasteiger partial charge in [0.2, 0.25) is 5.82 Å². The third-order valence-electron chi connectivity index (χ3n) is 3.03. The van der Waals surface area contributed by atoms with Gasteiger partial charge in [0.05, 0.1) is 11.1 Å². The van der Waals surface area contributed by atoms with Crippen LogP contribution in [0.1, 0.15) is 12.5 Å². The molecule has 0 radical (unpaired) electrons.